The zero-order chi connectivity index (χ0) is 22.2. The van der Waals surface area contributed by atoms with Crippen LogP contribution in [0, 0.1) is 6.92 Å². The molecule has 1 saturated carbocycles. The highest BCUT2D eigenvalue weighted by Gasteiger charge is 2.27. The monoisotopic (exact) mass is 429 g/mol. The number of nitrogens with zero attached hydrogens (tertiary/aromatic N) is 1. The van der Waals surface area contributed by atoms with Crippen LogP contribution in [0.1, 0.15) is 68.5 Å². The lowest BCUT2D eigenvalue weighted by Crippen LogP contribution is -2.51. The zero-order valence-electron chi connectivity index (χ0n) is 18.4. The van der Waals surface area contributed by atoms with Gasteiger partial charge in [0.1, 0.15) is 0 Å². The number of likely N-dealkylation sites (tertiary alicyclic amines) is 1. The lowest BCUT2D eigenvalue weighted by Gasteiger charge is -2.34. The molecule has 8 heteroatoms. The molecule has 1 aliphatic heterocycles. The molecule has 0 spiro atoms. The Bertz CT molecular complexity index is 770. The summed E-state index contributed by atoms with van der Waals surface area (Å²) in [5.74, 6) is -0.132. The third-order valence-electron chi connectivity index (χ3n) is 6.35. The quantitative estimate of drug-likeness (QED) is 0.557. The highest BCUT2D eigenvalue weighted by molar-refractivity contribution is 5.79. The molecule has 2 aliphatic rings. The molecule has 8 nitrogen and oxygen atoms in total. The van der Waals surface area contributed by atoms with E-state index in [2.05, 4.69) is 16.0 Å². The summed E-state index contributed by atoms with van der Waals surface area (Å²) in [4.78, 5) is 38.5. The molecule has 2 fully saturated rings. The van der Waals surface area contributed by atoms with Gasteiger partial charge in [-0.2, -0.15) is 0 Å². The Morgan fingerprint density at radius 2 is 1.65 bits per heavy atom. The molecule has 5 amide bonds. The van der Waals surface area contributed by atoms with Crippen LogP contribution in [-0.2, 0) is 4.79 Å². The minimum absolute atomic E-state index is 0.0157. The normalized spacial score (nSPS) is 18.8. The van der Waals surface area contributed by atoms with E-state index < -0.39 is 12.1 Å². The molecule has 1 aromatic rings. The predicted molar refractivity (Wildman–Crippen MR) is 119 cm³/mol. The lowest BCUT2D eigenvalue weighted by atomic mass is 9.95. The molecule has 3 rings (SSSR count). The third kappa shape index (κ3) is 6.87. The summed E-state index contributed by atoms with van der Waals surface area (Å²) < 4.78 is 0. The molecule has 1 aliphatic carbocycles. The standard InChI is InChI=1S/C23H35N5O3/c1-16-7-5-6-10-19(16)20(27-22(24)30)15-21(29)25-18-11-13-28(14-12-18)23(31)26-17-8-3-2-4-9-17/h5-7,10,17-18,20H,2-4,8-9,11-15H2,1H3,(H,25,29)(H,26,31)(H3,24,27,30). The fourth-order valence-corrected chi connectivity index (χ4v) is 4.60. The van der Waals surface area contributed by atoms with Gasteiger partial charge in [0.25, 0.3) is 0 Å². The molecule has 0 radical (unpaired) electrons. The predicted octanol–water partition coefficient (Wildman–Crippen LogP) is 2.72. The number of carbonyl (C=O) groups excluding carboxylic acids is 3. The average molecular weight is 430 g/mol. The number of rotatable bonds is 6. The van der Waals surface area contributed by atoms with Gasteiger partial charge in [0.15, 0.2) is 0 Å². The van der Waals surface area contributed by atoms with Gasteiger partial charge in [-0.25, -0.2) is 9.59 Å². The van der Waals surface area contributed by atoms with E-state index in [0.717, 1.165) is 36.8 Å². The summed E-state index contributed by atoms with van der Waals surface area (Å²) in [5.41, 5.74) is 7.20. The third-order valence-corrected chi connectivity index (χ3v) is 6.35. The smallest absolute Gasteiger partial charge is 0.317 e. The number of urea groups is 2. The van der Waals surface area contributed by atoms with E-state index in [1.54, 1.807) is 0 Å². The van der Waals surface area contributed by atoms with Crippen molar-refractivity contribution in [3.63, 3.8) is 0 Å². The molecule has 1 aromatic carbocycles. The van der Waals surface area contributed by atoms with Gasteiger partial charge in [0, 0.05) is 25.2 Å². The van der Waals surface area contributed by atoms with Crippen molar-refractivity contribution < 1.29 is 14.4 Å². The van der Waals surface area contributed by atoms with Crippen LogP contribution in [0.2, 0.25) is 0 Å². The Morgan fingerprint density at radius 1 is 1.00 bits per heavy atom. The first-order valence-electron chi connectivity index (χ1n) is 11.4. The lowest BCUT2D eigenvalue weighted by molar-refractivity contribution is -0.122. The van der Waals surface area contributed by atoms with Gasteiger partial charge in [-0.05, 0) is 43.7 Å². The van der Waals surface area contributed by atoms with Crippen molar-refractivity contribution in [2.45, 2.75) is 76.4 Å². The second-order valence-electron chi connectivity index (χ2n) is 8.74. The SMILES string of the molecule is Cc1ccccc1C(CC(=O)NC1CCN(C(=O)NC2CCCCC2)CC1)NC(N)=O. The number of amides is 5. The molecular weight excluding hydrogens is 394 g/mol. The Labute approximate surface area is 184 Å². The molecule has 0 aromatic heterocycles. The van der Waals surface area contributed by atoms with Gasteiger partial charge in [-0.15, -0.1) is 0 Å². The largest absolute Gasteiger partial charge is 0.353 e. The molecule has 170 valence electrons. The summed E-state index contributed by atoms with van der Waals surface area (Å²) >= 11 is 0. The number of benzene rings is 1. The summed E-state index contributed by atoms with van der Waals surface area (Å²) in [7, 11) is 0. The first kappa shape index (κ1) is 22.9. The van der Waals surface area contributed by atoms with Gasteiger partial charge in [0.05, 0.1) is 12.5 Å². The van der Waals surface area contributed by atoms with Crippen LogP contribution in [0.5, 0.6) is 0 Å². The average Bonchev–Trinajstić information content (AvgIpc) is 2.74. The minimum Gasteiger partial charge on any atom is -0.353 e. The van der Waals surface area contributed by atoms with Crippen molar-refractivity contribution in [2.75, 3.05) is 13.1 Å². The van der Waals surface area contributed by atoms with Crippen molar-refractivity contribution >= 4 is 18.0 Å². The summed E-state index contributed by atoms with van der Waals surface area (Å²) in [5, 5.41) is 8.91. The number of piperidine rings is 1. The van der Waals surface area contributed by atoms with Crippen LogP contribution < -0.4 is 21.7 Å². The second-order valence-corrected chi connectivity index (χ2v) is 8.74. The van der Waals surface area contributed by atoms with Crippen molar-refractivity contribution in [3.05, 3.63) is 35.4 Å². The first-order chi connectivity index (χ1) is 14.9. The molecule has 1 atom stereocenters. The number of nitrogens with one attached hydrogen (secondary N) is 3. The van der Waals surface area contributed by atoms with Gasteiger partial charge < -0.3 is 26.6 Å². The summed E-state index contributed by atoms with van der Waals surface area (Å²) in [6.45, 7) is 3.20. The van der Waals surface area contributed by atoms with E-state index in [1.165, 1.54) is 19.3 Å². The zero-order valence-corrected chi connectivity index (χ0v) is 18.4. The number of nitrogens with two attached hydrogens (primary N) is 1. The highest BCUT2D eigenvalue weighted by atomic mass is 16.2. The van der Waals surface area contributed by atoms with Gasteiger partial charge >= 0.3 is 12.1 Å². The molecule has 1 saturated heterocycles. The van der Waals surface area contributed by atoms with E-state index in [4.69, 9.17) is 5.73 Å². The van der Waals surface area contributed by atoms with Crippen LogP contribution in [0.15, 0.2) is 24.3 Å². The fourth-order valence-electron chi connectivity index (χ4n) is 4.60. The molecule has 5 N–H and O–H groups in total. The van der Waals surface area contributed by atoms with Crippen LogP contribution in [0.3, 0.4) is 0 Å². The van der Waals surface area contributed by atoms with Crippen molar-refractivity contribution in [3.8, 4) is 0 Å². The second kappa shape index (κ2) is 11.0. The van der Waals surface area contributed by atoms with Crippen LogP contribution in [0.4, 0.5) is 9.59 Å². The maximum Gasteiger partial charge on any atom is 0.317 e. The van der Waals surface area contributed by atoms with E-state index in [9.17, 15) is 14.4 Å². The number of hydrogen-bond donors (Lipinski definition) is 4. The first-order valence-corrected chi connectivity index (χ1v) is 11.4. The Hall–Kier alpha value is -2.77. The van der Waals surface area contributed by atoms with E-state index in [-0.39, 0.29) is 24.4 Å². The fraction of sp³-hybridized carbons (Fsp3) is 0.609. The maximum absolute atomic E-state index is 12.7. The van der Waals surface area contributed by atoms with E-state index in [1.807, 2.05) is 36.1 Å². The number of primary amides is 1. The van der Waals surface area contributed by atoms with Crippen LogP contribution in [-0.4, -0.2) is 48.0 Å². The number of aryl methyl sites for hydroxylation is 1. The summed E-state index contributed by atoms with van der Waals surface area (Å²) in [6.07, 6.45) is 7.34. The van der Waals surface area contributed by atoms with Gasteiger partial charge in [-0.3, -0.25) is 4.79 Å². The molecule has 31 heavy (non-hydrogen) atoms. The topological polar surface area (TPSA) is 117 Å². The molecule has 1 unspecified atom stereocenters. The number of hydrogen-bond acceptors (Lipinski definition) is 3. The Kier molecular flexibility index (Phi) is 8.14. The van der Waals surface area contributed by atoms with Crippen LogP contribution >= 0.6 is 0 Å². The van der Waals surface area contributed by atoms with Crippen molar-refractivity contribution in [1.29, 1.82) is 0 Å². The highest BCUT2D eigenvalue weighted by Crippen LogP contribution is 2.21. The van der Waals surface area contributed by atoms with Gasteiger partial charge in [0.2, 0.25) is 5.91 Å². The van der Waals surface area contributed by atoms with E-state index in [0.29, 0.717) is 19.1 Å². The Balaban J connectivity index is 1.46. The van der Waals surface area contributed by atoms with Gasteiger partial charge in [-0.1, -0.05) is 43.5 Å². The molecule has 1 heterocycles. The Morgan fingerprint density at radius 3 is 2.29 bits per heavy atom. The van der Waals surface area contributed by atoms with Crippen LogP contribution in [0.25, 0.3) is 0 Å². The maximum atomic E-state index is 12.7. The number of carbonyl (C=O) groups is 3. The minimum atomic E-state index is -0.654. The van der Waals surface area contributed by atoms with E-state index >= 15 is 0 Å². The molecule has 0 bridgehead atoms. The molecular formula is C23H35N5O3. The van der Waals surface area contributed by atoms with Crippen molar-refractivity contribution in [2.24, 2.45) is 5.73 Å². The van der Waals surface area contributed by atoms with Crippen molar-refractivity contribution in [1.82, 2.24) is 20.9 Å². The summed E-state index contributed by atoms with van der Waals surface area (Å²) in [6, 6.07) is 6.85.